The van der Waals surface area contributed by atoms with Crippen LogP contribution in [-0.4, -0.2) is 53.3 Å². The van der Waals surface area contributed by atoms with E-state index in [1.54, 1.807) is 0 Å². The molecule has 1 N–H and O–H groups in total. The van der Waals surface area contributed by atoms with Gasteiger partial charge in [0.05, 0.1) is 18.6 Å². The molecule has 7 heteroatoms. The van der Waals surface area contributed by atoms with E-state index in [1.165, 1.54) is 5.56 Å². The van der Waals surface area contributed by atoms with Crippen LogP contribution >= 0.6 is 0 Å². The first kappa shape index (κ1) is 21.5. The number of amides is 1. The summed E-state index contributed by atoms with van der Waals surface area (Å²) in [4.78, 5) is 19.2. The highest BCUT2D eigenvalue weighted by molar-refractivity contribution is 5.78. The Bertz CT molecular complexity index is 773. The molecule has 2 heterocycles. The number of piperidine rings is 1. The molecular weight excluding hydrogens is 368 g/mol. The minimum atomic E-state index is 0.00857. The lowest BCUT2D eigenvalue weighted by Crippen LogP contribution is -2.43. The monoisotopic (exact) mass is 400 g/mol. The van der Waals surface area contributed by atoms with Gasteiger partial charge in [0.1, 0.15) is 0 Å². The Balaban J connectivity index is 1.46. The number of ether oxygens (including phenoxy) is 1. The molecule has 1 aromatic carbocycles. The van der Waals surface area contributed by atoms with E-state index >= 15 is 0 Å². The molecule has 0 bridgehead atoms. The largest absolute Gasteiger partial charge is 0.379 e. The number of hydrogen-bond acceptors (Lipinski definition) is 6. The zero-order chi connectivity index (χ0) is 20.6. The van der Waals surface area contributed by atoms with E-state index in [0.29, 0.717) is 31.4 Å². The summed E-state index contributed by atoms with van der Waals surface area (Å²) in [5, 5.41) is 7.15. The van der Waals surface area contributed by atoms with Crippen molar-refractivity contribution in [2.45, 2.75) is 52.7 Å². The smallest absolute Gasteiger partial charge is 0.241 e. The van der Waals surface area contributed by atoms with Gasteiger partial charge in [0.2, 0.25) is 17.6 Å². The van der Waals surface area contributed by atoms with E-state index in [1.807, 2.05) is 45.0 Å². The number of carbonyl (C=O) groups is 1. The van der Waals surface area contributed by atoms with Gasteiger partial charge in [0, 0.05) is 25.3 Å². The number of nitrogens with zero attached hydrogens (tertiary/aromatic N) is 3. The minimum Gasteiger partial charge on any atom is -0.379 e. The highest BCUT2D eigenvalue weighted by Crippen LogP contribution is 2.20. The molecule has 0 spiro atoms. The summed E-state index contributed by atoms with van der Waals surface area (Å²) >= 11 is 0. The van der Waals surface area contributed by atoms with Gasteiger partial charge in [-0.05, 0) is 46.6 Å². The number of hydrogen-bond donors (Lipinski definition) is 1. The van der Waals surface area contributed by atoms with Crippen molar-refractivity contribution in [2.24, 2.45) is 5.92 Å². The molecule has 1 aromatic heterocycles. The topological polar surface area (TPSA) is 80.5 Å². The average Bonchev–Trinajstić information content (AvgIpc) is 3.16. The number of carbonyl (C=O) groups excluding carboxylic acids is 1. The predicted molar refractivity (Wildman–Crippen MR) is 111 cm³/mol. The van der Waals surface area contributed by atoms with Crippen molar-refractivity contribution in [2.75, 3.05) is 26.2 Å². The highest BCUT2D eigenvalue weighted by Gasteiger charge is 2.26. The van der Waals surface area contributed by atoms with Crippen LogP contribution < -0.4 is 5.32 Å². The van der Waals surface area contributed by atoms with Crippen LogP contribution in [0.15, 0.2) is 28.8 Å². The lowest BCUT2D eigenvalue weighted by Gasteiger charge is -2.30. The van der Waals surface area contributed by atoms with E-state index in [-0.39, 0.29) is 17.9 Å². The molecule has 1 amide bonds. The number of aryl methyl sites for hydroxylation is 1. The summed E-state index contributed by atoms with van der Waals surface area (Å²) in [6.07, 6.45) is 2.98. The number of likely N-dealkylation sites (tertiary alicyclic amines) is 1. The normalized spacial score (nSPS) is 17.6. The Morgan fingerprint density at radius 1 is 1.34 bits per heavy atom. The van der Waals surface area contributed by atoms with E-state index in [9.17, 15) is 4.79 Å². The van der Waals surface area contributed by atoms with Crippen LogP contribution in [0.2, 0.25) is 0 Å². The second-order valence-corrected chi connectivity index (χ2v) is 8.02. The molecule has 7 nitrogen and oxygen atoms in total. The molecule has 1 saturated heterocycles. The number of rotatable bonds is 9. The van der Waals surface area contributed by atoms with Crippen LogP contribution in [0, 0.1) is 12.8 Å². The minimum absolute atomic E-state index is 0.00857. The lowest BCUT2D eigenvalue weighted by molar-refractivity contribution is -0.126. The fraction of sp³-hybridized carbons (Fsp3) is 0.591. The molecule has 1 aliphatic heterocycles. The second kappa shape index (κ2) is 10.5. The summed E-state index contributed by atoms with van der Waals surface area (Å²) in [7, 11) is 0. The third-order valence-electron chi connectivity index (χ3n) is 5.08. The maximum absolute atomic E-state index is 12.5. The molecule has 0 radical (unpaired) electrons. The molecule has 1 fully saturated rings. The third-order valence-corrected chi connectivity index (χ3v) is 5.08. The molecule has 0 saturated carbocycles. The average molecular weight is 401 g/mol. The molecule has 158 valence electrons. The van der Waals surface area contributed by atoms with Gasteiger partial charge in [-0.3, -0.25) is 9.69 Å². The van der Waals surface area contributed by atoms with Crippen molar-refractivity contribution in [3.8, 4) is 11.4 Å². The fourth-order valence-corrected chi connectivity index (χ4v) is 3.49. The van der Waals surface area contributed by atoms with E-state index < -0.39 is 0 Å². The Kier molecular flexibility index (Phi) is 7.77. The highest BCUT2D eigenvalue weighted by atomic mass is 16.5. The molecule has 1 unspecified atom stereocenters. The predicted octanol–water partition coefficient (Wildman–Crippen LogP) is 3.19. The summed E-state index contributed by atoms with van der Waals surface area (Å²) in [6, 6.07) is 8.07. The zero-order valence-electron chi connectivity index (χ0n) is 17.7. The lowest BCUT2D eigenvalue weighted by atomic mass is 9.97. The van der Waals surface area contributed by atoms with Gasteiger partial charge in [-0.1, -0.05) is 35.0 Å². The SMILES string of the molecule is Cc1ccc(-c2noc(CN3CCCC(C(=O)NCCCOC(C)C)C3)n2)cc1. The molecule has 2 aromatic rings. The number of aromatic nitrogens is 2. The van der Waals surface area contributed by atoms with Crippen LogP contribution in [0.25, 0.3) is 11.4 Å². The number of nitrogens with one attached hydrogen (secondary N) is 1. The summed E-state index contributed by atoms with van der Waals surface area (Å²) in [5.74, 6) is 1.33. The van der Waals surface area contributed by atoms with Crippen molar-refractivity contribution in [1.82, 2.24) is 20.4 Å². The number of benzene rings is 1. The standard InChI is InChI=1S/C22H32N4O3/c1-16(2)28-13-5-11-23-22(27)19-6-4-12-26(14-19)15-20-24-21(25-29-20)18-9-7-17(3)8-10-18/h7-10,16,19H,4-6,11-15H2,1-3H3,(H,23,27). The molecule has 3 rings (SSSR count). The Labute approximate surface area is 172 Å². The summed E-state index contributed by atoms with van der Waals surface area (Å²) < 4.78 is 11.0. The van der Waals surface area contributed by atoms with Crippen LogP contribution in [0.1, 0.15) is 44.6 Å². The molecule has 1 atom stereocenters. The fourth-order valence-electron chi connectivity index (χ4n) is 3.49. The van der Waals surface area contributed by atoms with E-state index in [2.05, 4.69) is 20.4 Å². The maximum atomic E-state index is 12.5. The van der Waals surface area contributed by atoms with E-state index in [4.69, 9.17) is 9.26 Å². The zero-order valence-corrected chi connectivity index (χ0v) is 17.7. The quantitative estimate of drug-likeness (QED) is 0.651. The second-order valence-electron chi connectivity index (χ2n) is 8.02. The first-order valence-corrected chi connectivity index (χ1v) is 10.5. The third kappa shape index (κ3) is 6.65. The Hall–Kier alpha value is -2.25. The van der Waals surface area contributed by atoms with Crippen molar-refractivity contribution in [1.29, 1.82) is 0 Å². The Morgan fingerprint density at radius 2 is 2.14 bits per heavy atom. The maximum Gasteiger partial charge on any atom is 0.241 e. The van der Waals surface area contributed by atoms with Gasteiger partial charge in [-0.15, -0.1) is 0 Å². The van der Waals surface area contributed by atoms with E-state index in [0.717, 1.165) is 37.9 Å². The van der Waals surface area contributed by atoms with Crippen molar-refractivity contribution < 1.29 is 14.1 Å². The molecule has 29 heavy (non-hydrogen) atoms. The molecule has 1 aliphatic rings. The van der Waals surface area contributed by atoms with Gasteiger partial charge in [0.25, 0.3) is 0 Å². The summed E-state index contributed by atoms with van der Waals surface area (Å²) in [5.41, 5.74) is 2.14. The Morgan fingerprint density at radius 3 is 2.90 bits per heavy atom. The van der Waals surface area contributed by atoms with Crippen molar-refractivity contribution in [3.05, 3.63) is 35.7 Å². The van der Waals surface area contributed by atoms with Crippen LogP contribution in [0.5, 0.6) is 0 Å². The first-order chi connectivity index (χ1) is 14.0. The van der Waals surface area contributed by atoms with Crippen LogP contribution in [-0.2, 0) is 16.1 Å². The van der Waals surface area contributed by atoms with Crippen molar-refractivity contribution >= 4 is 5.91 Å². The van der Waals surface area contributed by atoms with Gasteiger partial charge in [-0.25, -0.2) is 0 Å². The van der Waals surface area contributed by atoms with Crippen LogP contribution in [0.4, 0.5) is 0 Å². The van der Waals surface area contributed by atoms with Crippen LogP contribution in [0.3, 0.4) is 0 Å². The van der Waals surface area contributed by atoms with Gasteiger partial charge >= 0.3 is 0 Å². The summed E-state index contributed by atoms with van der Waals surface area (Å²) in [6.45, 7) is 9.65. The molecular formula is C22H32N4O3. The van der Waals surface area contributed by atoms with Gasteiger partial charge < -0.3 is 14.6 Å². The van der Waals surface area contributed by atoms with Gasteiger partial charge in [0.15, 0.2) is 0 Å². The van der Waals surface area contributed by atoms with Gasteiger partial charge in [-0.2, -0.15) is 4.98 Å². The van der Waals surface area contributed by atoms with Crippen molar-refractivity contribution in [3.63, 3.8) is 0 Å². The molecule has 0 aliphatic carbocycles. The first-order valence-electron chi connectivity index (χ1n) is 10.5.